The zero-order valence-electron chi connectivity index (χ0n) is 20.0. The van der Waals surface area contributed by atoms with Gasteiger partial charge >= 0.3 is 6.03 Å². The van der Waals surface area contributed by atoms with E-state index in [1.807, 2.05) is 19.1 Å². The molecular formula is C25H30N4O5. The Hall–Kier alpha value is -3.62. The second-order valence-corrected chi connectivity index (χ2v) is 8.93. The number of aryl methyl sites for hydroxylation is 1. The molecule has 2 aliphatic rings. The van der Waals surface area contributed by atoms with Gasteiger partial charge in [-0.25, -0.2) is 4.79 Å². The molecule has 0 aliphatic carbocycles. The normalized spacial score (nSPS) is 20.9. The van der Waals surface area contributed by atoms with Gasteiger partial charge in [-0.3, -0.25) is 19.5 Å². The molecule has 1 unspecified atom stereocenters. The number of carbonyl (C=O) groups excluding carboxylic acids is 3. The smallest absolute Gasteiger partial charge is 0.325 e. The number of nitrogens with one attached hydrogen (secondary N) is 1. The maximum absolute atomic E-state index is 13.4. The third-order valence-corrected chi connectivity index (χ3v) is 6.87. The average molecular weight is 467 g/mol. The summed E-state index contributed by atoms with van der Waals surface area (Å²) >= 11 is 0. The maximum atomic E-state index is 13.4. The lowest BCUT2D eigenvalue weighted by Crippen LogP contribution is -2.54. The van der Waals surface area contributed by atoms with Gasteiger partial charge in [0, 0.05) is 30.5 Å². The highest BCUT2D eigenvalue weighted by Gasteiger charge is 2.53. The van der Waals surface area contributed by atoms with Crippen molar-refractivity contribution in [1.29, 1.82) is 0 Å². The SMILES string of the molecule is COc1cccc(CN2C(=O)NC(C)(C3CCN(C(=O)c4ccc(C)nc4)CC3)C2=O)c1OC. The van der Waals surface area contributed by atoms with E-state index in [-0.39, 0.29) is 24.3 Å². The van der Waals surface area contributed by atoms with Crippen LogP contribution >= 0.6 is 0 Å². The fraction of sp³-hybridized carbons (Fsp3) is 0.440. The lowest BCUT2D eigenvalue weighted by atomic mass is 9.78. The van der Waals surface area contributed by atoms with E-state index >= 15 is 0 Å². The molecule has 0 radical (unpaired) electrons. The van der Waals surface area contributed by atoms with Crippen molar-refractivity contribution < 1.29 is 23.9 Å². The van der Waals surface area contributed by atoms with Gasteiger partial charge in [0.05, 0.1) is 26.3 Å². The zero-order valence-corrected chi connectivity index (χ0v) is 20.0. The monoisotopic (exact) mass is 466 g/mol. The van der Waals surface area contributed by atoms with E-state index in [0.29, 0.717) is 48.6 Å². The molecule has 2 aromatic rings. The molecule has 34 heavy (non-hydrogen) atoms. The number of piperidine rings is 1. The van der Waals surface area contributed by atoms with E-state index in [4.69, 9.17) is 9.47 Å². The zero-order chi connectivity index (χ0) is 24.5. The fourth-order valence-corrected chi connectivity index (χ4v) is 4.82. The first-order valence-electron chi connectivity index (χ1n) is 11.3. The Bertz CT molecular complexity index is 1090. The number of pyridine rings is 1. The molecule has 1 atom stereocenters. The van der Waals surface area contributed by atoms with E-state index in [9.17, 15) is 14.4 Å². The molecule has 9 nitrogen and oxygen atoms in total. The number of methoxy groups -OCH3 is 2. The molecule has 0 spiro atoms. The summed E-state index contributed by atoms with van der Waals surface area (Å²) in [5.74, 6) is 0.619. The number of amides is 4. The number of imide groups is 1. The van der Waals surface area contributed by atoms with Crippen molar-refractivity contribution in [3.63, 3.8) is 0 Å². The molecule has 4 amide bonds. The lowest BCUT2D eigenvalue weighted by molar-refractivity contribution is -0.133. The lowest BCUT2D eigenvalue weighted by Gasteiger charge is -2.39. The van der Waals surface area contributed by atoms with Gasteiger partial charge in [0.1, 0.15) is 5.54 Å². The van der Waals surface area contributed by atoms with Crippen molar-refractivity contribution in [2.75, 3.05) is 27.3 Å². The highest BCUT2D eigenvalue weighted by molar-refractivity contribution is 6.07. The topological polar surface area (TPSA) is 101 Å². The third-order valence-electron chi connectivity index (χ3n) is 6.87. The molecule has 0 bridgehead atoms. The van der Waals surface area contributed by atoms with Crippen LogP contribution in [0.15, 0.2) is 36.5 Å². The van der Waals surface area contributed by atoms with Crippen molar-refractivity contribution in [1.82, 2.24) is 20.1 Å². The van der Waals surface area contributed by atoms with Crippen LogP contribution in [-0.2, 0) is 11.3 Å². The quantitative estimate of drug-likeness (QED) is 0.657. The highest BCUT2D eigenvalue weighted by Crippen LogP contribution is 2.36. The Kier molecular flexibility index (Phi) is 6.45. The Morgan fingerprint density at radius 1 is 1.15 bits per heavy atom. The van der Waals surface area contributed by atoms with Gasteiger partial charge in [-0.2, -0.15) is 0 Å². The molecule has 1 N–H and O–H groups in total. The third kappa shape index (κ3) is 4.18. The summed E-state index contributed by atoms with van der Waals surface area (Å²) in [5, 5.41) is 2.92. The fourth-order valence-electron chi connectivity index (χ4n) is 4.82. The number of nitrogens with zero attached hydrogens (tertiary/aromatic N) is 3. The summed E-state index contributed by atoms with van der Waals surface area (Å²) in [4.78, 5) is 46.3. The Labute approximate surface area is 199 Å². The predicted octanol–water partition coefficient (Wildman–Crippen LogP) is 2.77. The van der Waals surface area contributed by atoms with Gasteiger partial charge in [-0.05, 0) is 50.8 Å². The molecule has 2 saturated heterocycles. The van der Waals surface area contributed by atoms with Crippen LogP contribution < -0.4 is 14.8 Å². The van der Waals surface area contributed by atoms with Crippen molar-refractivity contribution in [3.05, 3.63) is 53.3 Å². The van der Waals surface area contributed by atoms with Gasteiger partial charge in [0.2, 0.25) is 0 Å². The molecule has 9 heteroatoms. The average Bonchev–Trinajstić information content (AvgIpc) is 3.07. The van der Waals surface area contributed by atoms with E-state index in [1.54, 1.807) is 43.3 Å². The van der Waals surface area contributed by atoms with Gasteiger partial charge in [0.25, 0.3) is 11.8 Å². The second kappa shape index (κ2) is 9.32. The number of para-hydroxylation sites is 1. The van der Waals surface area contributed by atoms with Crippen molar-refractivity contribution >= 4 is 17.8 Å². The summed E-state index contributed by atoms with van der Waals surface area (Å²) in [6.07, 6.45) is 2.82. The Balaban J connectivity index is 1.45. The van der Waals surface area contributed by atoms with Crippen molar-refractivity contribution in [2.45, 2.75) is 38.8 Å². The van der Waals surface area contributed by atoms with Crippen LogP contribution in [0, 0.1) is 12.8 Å². The van der Waals surface area contributed by atoms with Gasteiger partial charge in [-0.15, -0.1) is 0 Å². The van der Waals surface area contributed by atoms with Gasteiger partial charge in [0.15, 0.2) is 11.5 Å². The Morgan fingerprint density at radius 2 is 1.88 bits per heavy atom. The van der Waals surface area contributed by atoms with Gasteiger partial charge < -0.3 is 19.7 Å². The number of aromatic nitrogens is 1. The number of benzene rings is 1. The van der Waals surface area contributed by atoms with Crippen LogP contribution in [0.1, 0.15) is 41.4 Å². The number of hydrogen-bond acceptors (Lipinski definition) is 6. The number of likely N-dealkylation sites (tertiary alicyclic amines) is 1. The van der Waals surface area contributed by atoms with Crippen LogP contribution in [-0.4, -0.2) is 65.5 Å². The molecule has 2 aliphatic heterocycles. The minimum atomic E-state index is -1.02. The van der Waals surface area contributed by atoms with Crippen LogP contribution in [0.3, 0.4) is 0 Å². The second-order valence-electron chi connectivity index (χ2n) is 8.93. The summed E-state index contributed by atoms with van der Waals surface area (Å²) in [6.45, 7) is 4.77. The number of carbonyl (C=O) groups is 3. The highest BCUT2D eigenvalue weighted by atomic mass is 16.5. The van der Waals surface area contributed by atoms with Gasteiger partial charge in [-0.1, -0.05) is 12.1 Å². The van der Waals surface area contributed by atoms with Crippen molar-refractivity contribution in [3.8, 4) is 11.5 Å². The number of hydrogen-bond donors (Lipinski definition) is 1. The number of rotatable bonds is 6. The number of ether oxygens (including phenoxy) is 2. The molecule has 1 aromatic heterocycles. The maximum Gasteiger partial charge on any atom is 0.325 e. The van der Waals surface area contributed by atoms with Crippen LogP contribution in [0.4, 0.5) is 4.79 Å². The summed E-state index contributed by atoms with van der Waals surface area (Å²) in [6, 6.07) is 8.54. The van der Waals surface area contributed by atoms with E-state index < -0.39 is 11.6 Å². The molecule has 180 valence electrons. The molecule has 3 heterocycles. The predicted molar refractivity (Wildman–Crippen MR) is 125 cm³/mol. The summed E-state index contributed by atoms with van der Waals surface area (Å²) in [7, 11) is 3.07. The van der Waals surface area contributed by atoms with Crippen LogP contribution in [0.2, 0.25) is 0 Å². The molecule has 0 saturated carbocycles. The summed E-state index contributed by atoms with van der Waals surface area (Å²) < 4.78 is 10.8. The van der Waals surface area contributed by atoms with Crippen LogP contribution in [0.5, 0.6) is 11.5 Å². The molecular weight excluding hydrogens is 436 g/mol. The van der Waals surface area contributed by atoms with Crippen LogP contribution in [0.25, 0.3) is 0 Å². The minimum absolute atomic E-state index is 0.0652. The molecule has 1 aromatic carbocycles. The summed E-state index contributed by atoms with van der Waals surface area (Å²) in [5.41, 5.74) is 1.07. The Morgan fingerprint density at radius 3 is 2.50 bits per heavy atom. The largest absolute Gasteiger partial charge is 0.493 e. The molecule has 4 rings (SSSR count). The first-order valence-corrected chi connectivity index (χ1v) is 11.3. The molecule has 2 fully saturated rings. The first-order chi connectivity index (χ1) is 16.3. The van der Waals surface area contributed by atoms with E-state index in [1.165, 1.54) is 12.0 Å². The minimum Gasteiger partial charge on any atom is -0.493 e. The van der Waals surface area contributed by atoms with Crippen molar-refractivity contribution in [2.24, 2.45) is 5.92 Å². The van der Waals surface area contributed by atoms with E-state index in [2.05, 4.69) is 10.3 Å². The standard InChI is InChI=1S/C25H30N4O5/c1-16-8-9-17(14-26-16)22(30)28-12-10-19(11-13-28)25(2)23(31)29(24(32)27-25)15-18-6-5-7-20(33-3)21(18)34-4/h5-9,14,19H,10-13,15H2,1-4H3,(H,27,32). The number of urea groups is 1. The van der Waals surface area contributed by atoms with E-state index in [0.717, 1.165) is 5.69 Å². The first kappa shape index (κ1) is 23.5.